The summed E-state index contributed by atoms with van der Waals surface area (Å²) < 4.78 is 21.0. The van der Waals surface area contributed by atoms with Crippen molar-refractivity contribution in [1.29, 1.82) is 0 Å². The molecule has 0 aromatic heterocycles. The van der Waals surface area contributed by atoms with Gasteiger partial charge in [0.2, 0.25) is 5.91 Å². The second kappa shape index (κ2) is 6.22. The first-order valence-electron chi connectivity index (χ1n) is 8.67. The molecule has 7 heteroatoms. The molecule has 1 aromatic carbocycles. The van der Waals surface area contributed by atoms with Crippen molar-refractivity contribution in [2.24, 2.45) is 0 Å². The number of hydrogen-bond acceptors (Lipinski definition) is 5. The molecule has 1 fully saturated rings. The molecule has 0 saturated carbocycles. The first-order valence-corrected chi connectivity index (χ1v) is 8.67. The summed E-state index contributed by atoms with van der Waals surface area (Å²) in [6.45, 7) is 5.71. The summed E-state index contributed by atoms with van der Waals surface area (Å²) in [6.07, 6.45) is 1.57. The molecule has 2 atom stereocenters. The first-order chi connectivity index (χ1) is 11.7. The van der Waals surface area contributed by atoms with Crippen LogP contribution in [-0.2, 0) is 11.3 Å². The molecule has 1 unspecified atom stereocenters. The summed E-state index contributed by atoms with van der Waals surface area (Å²) in [5, 5.41) is 9.23. The quantitative estimate of drug-likeness (QED) is 0.727. The highest BCUT2D eigenvalue weighted by Crippen LogP contribution is 2.39. The summed E-state index contributed by atoms with van der Waals surface area (Å²) >= 11 is 0. The molecular formula is C17H23FN4O2. The van der Waals surface area contributed by atoms with Gasteiger partial charge >= 0.3 is 0 Å². The Labute approximate surface area is 140 Å². The van der Waals surface area contributed by atoms with Crippen molar-refractivity contribution in [2.75, 3.05) is 36.9 Å². The van der Waals surface area contributed by atoms with Crippen LogP contribution in [0.25, 0.3) is 0 Å². The summed E-state index contributed by atoms with van der Waals surface area (Å²) in [6, 6.07) is 1.86. The van der Waals surface area contributed by atoms with Gasteiger partial charge in [0, 0.05) is 43.9 Å². The average molecular weight is 334 g/mol. The predicted octanol–water partition coefficient (Wildman–Crippen LogP) is 1.52. The molecule has 0 spiro atoms. The van der Waals surface area contributed by atoms with Crippen molar-refractivity contribution < 1.29 is 13.9 Å². The van der Waals surface area contributed by atoms with E-state index in [2.05, 4.69) is 20.9 Å². The molecule has 3 aliphatic rings. The standard InChI is InChI=1S/C17H23FN4O2/c1-2-12-17(23)21-16-13(20-12)7-14-11(15(16)18)9-22-5-4-19-8-10(22)3-6-24-14/h7,10,12,19-20H,2-6,8-9H2,1H3,(H,21,23)/t10-,12?/m0/s1. The van der Waals surface area contributed by atoms with Gasteiger partial charge in [0.25, 0.3) is 0 Å². The third-order valence-corrected chi connectivity index (χ3v) is 5.17. The summed E-state index contributed by atoms with van der Waals surface area (Å²) in [5.41, 5.74) is 1.40. The van der Waals surface area contributed by atoms with E-state index >= 15 is 4.39 Å². The monoisotopic (exact) mass is 334 g/mol. The Morgan fingerprint density at radius 2 is 2.33 bits per heavy atom. The molecule has 3 heterocycles. The lowest BCUT2D eigenvalue weighted by Gasteiger charge is -2.38. The van der Waals surface area contributed by atoms with Gasteiger partial charge in [-0.15, -0.1) is 0 Å². The van der Waals surface area contributed by atoms with Gasteiger partial charge in [0.05, 0.1) is 12.3 Å². The normalized spacial score (nSPS) is 26.7. The molecule has 6 nitrogen and oxygen atoms in total. The molecule has 1 amide bonds. The number of anilines is 2. The van der Waals surface area contributed by atoms with Crippen molar-refractivity contribution in [2.45, 2.75) is 38.4 Å². The fourth-order valence-electron chi connectivity index (χ4n) is 3.73. The number of benzene rings is 1. The molecule has 24 heavy (non-hydrogen) atoms. The number of amides is 1. The molecule has 1 aromatic rings. The number of piperazine rings is 1. The van der Waals surface area contributed by atoms with Crippen LogP contribution in [0.4, 0.5) is 15.8 Å². The zero-order chi connectivity index (χ0) is 16.7. The van der Waals surface area contributed by atoms with Crippen LogP contribution in [0.15, 0.2) is 6.07 Å². The van der Waals surface area contributed by atoms with Crippen LogP contribution in [-0.4, -0.2) is 49.1 Å². The maximum absolute atomic E-state index is 15.1. The lowest BCUT2D eigenvalue weighted by atomic mass is 10.0. The van der Waals surface area contributed by atoms with Crippen molar-refractivity contribution in [3.05, 3.63) is 17.4 Å². The van der Waals surface area contributed by atoms with Crippen molar-refractivity contribution in [3.63, 3.8) is 0 Å². The van der Waals surface area contributed by atoms with E-state index in [0.717, 1.165) is 26.1 Å². The summed E-state index contributed by atoms with van der Waals surface area (Å²) in [5.74, 6) is 0.0227. The topological polar surface area (TPSA) is 65.6 Å². The van der Waals surface area contributed by atoms with E-state index in [4.69, 9.17) is 4.74 Å². The number of hydrogen-bond donors (Lipinski definition) is 3. The van der Waals surface area contributed by atoms with Crippen LogP contribution >= 0.6 is 0 Å². The smallest absolute Gasteiger partial charge is 0.246 e. The maximum Gasteiger partial charge on any atom is 0.246 e. The van der Waals surface area contributed by atoms with Gasteiger partial charge in [-0.1, -0.05) is 6.92 Å². The third-order valence-electron chi connectivity index (χ3n) is 5.17. The largest absolute Gasteiger partial charge is 0.493 e. The van der Waals surface area contributed by atoms with E-state index in [1.807, 2.05) is 13.0 Å². The molecule has 0 radical (unpaired) electrons. The maximum atomic E-state index is 15.1. The first kappa shape index (κ1) is 15.7. The Hall–Kier alpha value is -1.86. The van der Waals surface area contributed by atoms with Crippen LogP contribution in [0.3, 0.4) is 0 Å². The average Bonchev–Trinajstić information content (AvgIpc) is 2.57. The van der Waals surface area contributed by atoms with Crippen LogP contribution in [0, 0.1) is 5.82 Å². The van der Waals surface area contributed by atoms with E-state index in [1.54, 1.807) is 0 Å². The zero-order valence-corrected chi connectivity index (χ0v) is 13.8. The number of rotatable bonds is 1. The highest BCUT2D eigenvalue weighted by molar-refractivity contribution is 6.03. The minimum absolute atomic E-state index is 0.185. The fourth-order valence-corrected chi connectivity index (χ4v) is 3.73. The molecule has 0 aliphatic carbocycles. The number of nitrogens with one attached hydrogen (secondary N) is 3. The second-order valence-corrected chi connectivity index (χ2v) is 6.65. The van der Waals surface area contributed by atoms with Crippen molar-refractivity contribution >= 4 is 17.3 Å². The molecule has 130 valence electrons. The summed E-state index contributed by atoms with van der Waals surface area (Å²) in [4.78, 5) is 14.4. The molecule has 4 rings (SSSR count). The van der Waals surface area contributed by atoms with E-state index in [0.29, 0.717) is 42.6 Å². The van der Waals surface area contributed by atoms with Crippen LogP contribution in [0.2, 0.25) is 0 Å². The van der Waals surface area contributed by atoms with Crippen molar-refractivity contribution in [1.82, 2.24) is 10.2 Å². The molecular weight excluding hydrogens is 311 g/mol. The van der Waals surface area contributed by atoms with Gasteiger partial charge in [-0.05, 0) is 12.8 Å². The Morgan fingerprint density at radius 1 is 1.46 bits per heavy atom. The second-order valence-electron chi connectivity index (χ2n) is 6.65. The SMILES string of the molecule is CCC1Nc2cc3c(c(F)c2NC1=O)CN1CCNC[C@@H]1CCO3. The fraction of sp³-hybridized carbons (Fsp3) is 0.588. The summed E-state index contributed by atoms with van der Waals surface area (Å²) in [7, 11) is 0. The number of carbonyl (C=O) groups excluding carboxylic acids is 1. The Kier molecular flexibility index (Phi) is 4.05. The predicted molar refractivity (Wildman–Crippen MR) is 89.9 cm³/mol. The van der Waals surface area contributed by atoms with Gasteiger partial charge in [-0.3, -0.25) is 9.69 Å². The Morgan fingerprint density at radius 3 is 3.17 bits per heavy atom. The molecule has 0 bridgehead atoms. The van der Waals surface area contributed by atoms with Crippen LogP contribution in [0.5, 0.6) is 5.75 Å². The van der Waals surface area contributed by atoms with E-state index in [1.165, 1.54) is 0 Å². The lowest BCUT2D eigenvalue weighted by molar-refractivity contribution is -0.117. The lowest BCUT2D eigenvalue weighted by Crippen LogP contribution is -2.51. The van der Waals surface area contributed by atoms with Crippen molar-refractivity contribution in [3.8, 4) is 5.75 Å². The zero-order valence-electron chi connectivity index (χ0n) is 13.8. The molecule has 1 saturated heterocycles. The minimum atomic E-state index is -0.378. The number of nitrogens with zero attached hydrogens (tertiary/aromatic N) is 1. The van der Waals surface area contributed by atoms with Crippen LogP contribution in [0.1, 0.15) is 25.3 Å². The number of ether oxygens (including phenoxy) is 1. The van der Waals surface area contributed by atoms with Gasteiger partial charge < -0.3 is 20.7 Å². The van der Waals surface area contributed by atoms with Gasteiger partial charge in [0.1, 0.15) is 17.5 Å². The third kappa shape index (κ3) is 2.61. The highest BCUT2D eigenvalue weighted by Gasteiger charge is 2.32. The van der Waals surface area contributed by atoms with E-state index in [-0.39, 0.29) is 23.5 Å². The number of fused-ring (bicyclic) bond motifs is 3. The Bertz CT molecular complexity index is 666. The number of halogens is 1. The van der Waals surface area contributed by atoms with Crippen LogP contribution < -0.4 is 20.7 Å². The number of carbonyl (C=O) groups is 1. The highest BCUT2D eigenvalue weighted by atomic mass is 19.1. The Balaban J connectivity index is 1.72. The molecule has 3 N–H and O–H groups in total. The van der Waals surface area contributed by atoms with E-state index in [9.17, 15) is 4.79 Å². The minimum Gasteiger partial charge on any atom is -0.493 e. The molecule has 3 aliphatic heterocycles. The van der Waals surface area contributed by atoms with Gasteiger partial charge in [-0.2, -0.15) is 0 Å². The van der Waals surface area contributed by atoms with E-state index < -0.39 is 0 Å². The van der Waals surface area contributed by atoms with Gasteiger partial charge in [0.15, 0.2) is 5.82 Å². The van der Waals surface area contributed by atoms with Gasteiger partial charge in [-0.25, -0.2) is 4.39 Å².